The zero-order valence-electron chi connectivity index (χ0n) is 27.7. The Morgan fingerprint density at radius 1 is 0.636 bits per heavy atom. The van der Waals surface area contributed by atoms with Crippen LogP contribution in [0.4, 0.5) is 0 Å². The van der Waals surface area contributed by atoms with Gasteiger partial charge in [0.25, 0.3) is 0 Å². The van der Waals surface area contributed by atoms with Gasteiger partial charge in [0, 0.05) is 17.9 Å². The van der Waals surface area contributed by atoms with Crippen LogP contribution in [-0.4, -0.2) is 71.7 Å². The lowest BCUT2D eigenvalue weighted by Gasteiger charge is -2.34. The van der Waals surface area contributed by atoms with Gasteiger partial charge in [-0.15, -0.1) is 0 Å². The predicted octanol–water partition coefficient (Wildman–Crippen LogP) is 3.57. The van der Waals surface area contributed by atoms with Gasteiger partial charge in [0.05, 0.1) is 0 Å². The zero-order valence-corrected chi connectivity index (χ0v) is 29.3. The van der Waals surface area contributed by atoms with Gasteiger partial charge in [-0.25, -0.2) is 0 Å². The molecule has 0 unspecified atom stereocenters. The second-order valence-electron chi connectivity index (χ2n) is 13.6. The Bertz CT molecular complexity index is 1150. The average molecular weight is 679 g/mol. The van der Waals surface area contributed by atoms with Gasteiger partial charge in [-0.2, -0.15) is 0 Å². The highest BCUT2D eigenvalue weighted by molar-refractivity contribution is 9.10. The summed E-state index contributed by atoms with van der Waals surface area (Å²) in [4.78, 5) is 70.4. The molecule has 246 valence electrons. The van der Waals surface area contributed by atoms with Gasteiger partial charge in [-0.1, -0.05) is 83.5 Å². The lowest BCUT2D eigenvalue weighted by atomic mass is 9.97. The summed E-state index contributed by atoms with van der Waals surface area (Å²) in [6.07, 6.45) is 1.21. The van der Waals surface area contributed by atoms with Crippen molar-refractivity contribution < 1.29 is 24.0 Å². The number of hydrogen-bond donors (Lipinski definition) is 4. The van der Waals surface area contributed by atoms with E-state index in [0.29, 0.717) is 19.3 Å². The van der Waals surface area contributed by atoms with Gasteiger partial charge in [-0.3, -0.25) is 24.0 Å². The fraction of sp³-hybridized carbons (Fsp3) is 0.667. The van der Waals surface area contributed by atoms with Crippen LogP contribution in [-0.2, 0) is 30.4 Å². The van der Waals surface area contributed by atoms with Crippen LogP contribution >= 0.6 is 15.9 Å². The van der Waals surface area contributed by atoms with E-state index in [4.69, 9.17) is 0 Å². The number of hydrogen-bond acceptors (Lipinski definition) is 5. The summed E-state index contributed by atoms with van der Waals surface area (Å²) in [7, 11) is 1.57. The molecule has 1 aliphatic heterocycles. The zero-order chi connectivity index (χ0) is 33.3. The number of carbonyl (C=O) groups is 5. The van der Waals surface area contributed by atoms with Crippen molar-refractivity contribution >= 4 is 45.5 Å². The predicted molar refractivity (Wildman–Crippen MR) is 175 cm³/mol. The normalized spacial score (nSPS) is 24.6. The monoisotopic (exact) mass is 677 g/mol. The first-order valence-electron chi connectivity index (χ1n) is 15.7. The fourth-order valence-corrected chi connectivity index (χ4v) is 5.60. The number of nitrogens with zero attached hydrogens (tertiary/aromatic N) is 1. The highest BCUT2D eigenvalue weighted by Gasteiger charge is 2.38. The number of benzene rings is 1. The molecule has 0 bridgehead atoms. The van der Waals surface area contributed by atoms with Crippen LogP contribution in [0.3, 0.4) is 0 Å². The molecule has 1 fully saturated rings. The summed E-state index contributed by atoms with van der Waals surface area (Å²) in [6, 6.07) is 2.76. The minimum Gasteiger partial charge on any atom is -0.343 e. The van der Waals surface area contributed by atoms with Crippen LogP contribution in [0.1, 0.15) is 80.2 Å². The molecule has 0 aromatic heterocycles. The van der Waals surface area contributed by atoms with E-state index in [1.54, 1.807) is 7.05 Å². The Morgan fingerprint density at radius 3 is 1.64 bits per heavy atom. The lowest BCUT2D eigenvalue weighted by molar-refractivity contribution is -0.143. The van der Waals surface area contributed by atoms with Crippen LogP contribution in [0.2, 0.25) is 0 Å². The lowest BCUT2D eigenvalue weighted by Crippen LogP contribution is -2.59. The number of amides is 5. The Labute approximate surface area is 271 Å². The smallest absolute Gasteiger partial charge is 0.245 e. The molecule has 4 N–H and O–H groups in total. The molecular formula is C33H52BrN5O5. The van der Waals surface area contributed by atoms with Crippen LogP contribution in [0.25, 0.3) is 0 Å². The molecular weight excluding hydrogens is 626 g/mol. The first kappa shape index (κ1) is 37.2. The molecule has 0 radical (unpaired) electrons. The van der Waals surface area contributed by atoms with Gasteiger partial charge in [0.1, 0.15) is 30.2 Å². The van der Waals surface area contributed by atoms with Crippen molar-refractivity contribution in [2.75, 3.05) is 7.05 Å². The summed E-state index contributed by atoms with van der Waals surface area (Å²) < 4.78 is 0.876. The molecule has 11 heteroatoms. The first-order valence-corrected chi connectivity index (χ1v) is 16.5. The number of likely N-dealkylation sites (N-methyl/N-ethyl adjacent to an activating group) is 1. The van der Waals surface area contributed by atoms with Crippen molar-refractivity contribution in [2.24, 2.45) is 23.7 Å². The third-order valence-corrected chi connectivity index (χ3v) is 8.24. The average Bonchev–Trinajstić information content (AvgIpc) is 2.92. The van der Waals surface area contributed by atoms with E-state index >= 15 is 0 Å². The van der Waals surface area contributed by atoms with Crippen molar-refractivity contribution in [3.05, 3.63) is 34.3 Å². The number of halogens is 1. The van der Waals surface area contributed by atoms with Crippen molar-refractivity contribution in [1.82, 2.24) is 26.2 Å². The quantitative estimate of drug-likeness (QED) is 0.317. The third kappa shape index (κ3) is 11.2. The third-order valence-electron chi connectivity index (χ3n) is 7.71. The van der Waals surface area contributed by atoms with Crippen molar-refractivity contribution in [2.45, 2.75) is 111 Å². The molecule has 0 saturated carbocycles. The maximum atomic E-state index is 14.0. The van der Waals surface area contributed by atoms with E-state index in [9.17, 15) is 24.0 Å². The Hall–Kier alpha value is -2.95. The minimum absolute atomic E-state index is 0.0519. The molecule has 44 heavy (non-hydrogen) atoms. The van der Waals surface area contributed by atoms with E-state index in [1.807, 2.05) is 79.7 Å². The van der Waals surface area contributed by atoms with Gasteiger partial charge >= 0.3 is 0 Å². The molecule has 1 saturated heterocycles. The molecule has 5 atom stereocenters. The molecule has 1 heterocycles. The van der Waals surface area contributed by atoms with Crippen LogP contribution < -0.4 is 21.3 Å². The summed E-state index contributed by atoms with van der Waals surface area (Å²) in [6.45, 7) is 15.3. The van der Waals surface area contributed by atoms with Crippen LogP contribution in [0, 0.1) is 23.7 Å². The highest BCUT2D eigenvalue weighted by Crippen LogP contribution is 2.18. The Morgan fingerprint density at radius 2 is 1.11 bits per heavy atom. The number of rotatable bonds is 9. The van der Waals surface area contributed by atoms with Gasteiger partial charge in [0.15, 0.2) is 0 Å². The van der Waals surface area contributed by atoms with Gasteiger partial charge in [0.2, 0.25) is 29.5 Å². The highest BCUT2D eigenvalue weighted by atomic mass is 79.9. The number of carbonyl (C=O) groups excluding carboxylic acids is 5. The van der Waals surface area contributed by atoms with Crippen molar-refractivity contribution in [3.63, 3.8) is 0 Å². The second-order valence-corrected chi connectivity index (χ2v) is 14.5. The van der Waals surface area contributed by atoms with Gasteiger partial charge in [-0.05, 0) is 60.6 Å². The Balaban J connectivity index is 2.66. The molecule has 5 amide bonds. The maximum absolute atomic E-state index is 14.0. The largest absolute Gasteiger partial charge is 0.343 e. The maximum Gasteiger partial charge on any atom is 0.245 e. The van der Waals surface area contributed by atoms with E-state index in [0.717, 1.165) is 10.0 Å². The van der Waals surface area contributed by atoms with E-state index in [-0.39, 0.29) is 30.1 Å². The molecule has 1 aromatic carbocycles. The summed E-state index contributed by atoms with van der Waals surface area (Å²) in [5, 5.41) is 11.5. The summed E-state index contributed by atoms with van der Waals surface area (Å²) in [5.41, 5.74) is 0.812. The molecule has 1 aliphatic rings. The molecule has 0 aliphatic carbocycles. The first-order chi connectivity index (χ1) is 20.5. The molecule has 10 nitrogen and oxygen atoms in total. The van der Waals surface area contributed by atoms with Crippen LogP contribution in [0.15, 0.2) is 28.7 Å². The second kappa shape index (κ2) is 16.9. The SMILES string of the molecule is CC(C)C[C@@H]1NC(=O)[C@H](C(C)C)NC(=O)[C@H](CC(C)C)N(C)C(=O)[C@H](CC(C)C)NC(=O)[C@H](Cc2ccc(Br)cc2)NC1=O. The molecule has 0 spiro atoms. The number of nitrogens with one attached hydrogen (secondary N) is 4. The van der Waals surface area contributed by atoms with Crippen molar-refractivity contribution in [1.29, 1.82) is 0 Å². The van der Waals surface area contributed by atoms with Crippen LogP contribution in [0.5, 0.6) is 0 Å². The van der Waals surface area contributed by atoms with Crippen molar-refractivity contribution in [3.8, 4) is 0 Å². The summed E-state index contributed by atoms with van der Waals surface area (Å²) in [5.74, 6) is -2.48. The molecule has 1 aromatic rings. The minimum atomic E-state index is -1.01. The fourth-order valence-electron chi connectivity index (χ4n) is 5.34. The van der Waals surface area contributed by atoms with Gasteiger partial charge < -0.3 is 26.2 Å². The van der Waals surface area contributed by atoms with E-state index in [2.05, 4.69) is 37.2 Å². The molecule has 2 rings (SSSR count). The van der Waals surface area contributed by atoms with E-state index in [1.165, 1.54) is 4.90 Å². The standard InChI is InChI=1S/C33H52BrN5O5/c1-18(2)14-24-29(40)35-25(17-22-10-12-23(34)13-11-22)30(41)37-26(15-19(3)4)33(44)39(9)27(16-20(5)6)31(42)38-28(21(7)8)32(43)36-24/h10-13,18-21,24-28H,14-17H2,1-9H3,(H,35,40)(H,36,43)(H,37,41)(H,38,42)/t24-,25-,26-,27-,28-/m0/s1. The topological polar surface area (TPSA) is 137 Å². The summed E-state index contributed by atoms with van der Waals surface area (Å²) >= 11 is 3.43. The Kier molecular flexibility index (Phi) is 14.3. The van der Waals surface area contributed by atoms with E-state index < -0.39 is 59.7 Å².